The van der Waals surface area contributed by atoms with Crippen LogP contribution in [0.3, 0.4) is 0 Å². The van der Waals surface area contributed by atoms with E-state index in [1.165, 1.54) is 5.56 Å². The van der Waals surface area contributed by atoms with Gasteiger partial charge in [0.2, 0.25) is 0 Å². The quantitative estimate of drug-likeness (QED) is 0.898. The van der Waals surface area contributed by atoms with Crippen molar-refractivity contribution in [2.24, 2.45) is 0 Å². The minimum atomic E-state index is -2.94. The third kappa shape index (κ3) is 2.80. The summed E-state index contributed by atoms with van der Waals surface area (Å²) in [4.78, 5) is 0. The van der Waals surface area contributed by atoms with Gasteiger partial charge in [-0.2, -0.15) is 0 Å². The van der Waals surface area contributed by atoms with Gasteiger partial charge in [-0.1, -0.05) is 25.1 Å². The summed E-state index contributed by atoms with van der Waals surface area (Å²) in [6.07, 6.45) is 2.27. The highest BCUT2D eigenvalue weighted by molar-refractivity contribution is 7.92. The van der Waals surface area contributed by atoms with Gasteiger partial charge in [0.25, 0.3) is 0 Å². The Hall–Kier alpha value is -1.03. The van der Waals surface area contributed by atoms with Gasteiger partial charge in [-0.3, -0.25) is 0 Å². The summed E-state index contributed by atoms with van der Waals surface area (Å²) in [5.74, 6) is 0.301. The van der Waals surface area contributed by atoms with E-state index in [-0.39, 0.29) is 5.25 Å². The zero-order valence-electron chi connectivity index (χ0n) is 10.1. The molecule has 17 heavy (non-hydrogen) atoms. The van der Waals surface area contributed by atoms with E-state index in [0.717, 1.165) is 18.5 Å². The van der Waals surface area contributed by atoms with Crippen LogP contribution in [0.15, 0.2) is 24.3 Å². The zero-order chi connectivity index (χ0) is 12.3. The summed E-state index contributed by atoms with van der Waals surface area (Å²) >= 11 is 0. The van der Waals surface area contributed by atoms with Crippen molar-refractivity contribution in [3.8, 4) is 0 Å². The molecule has 2 rings (SSSR count). The van der Waals surface area contributed by atoms with Gasteiger partial charge in [0.15, 0.2) is 9.84 Å². The molecule has 0 aliphatic carbocycles. The number of hydrogen-bond acceptors (Lipinski definition) is 3. The monoisotopic (exact) mass is 253 g/mol. The molecule has 1 aromatic carbocycles. The number of fused-ring (bicyclic) bond motifs is 1. The SMILES string of the molecule is CCCS(=O)(=O)C1CCc2ccccc2NC1. The summed E-state index contributed by atoms with van der Waals surface area (Å²) in [6, 6.07) is 8.06. The predicted octanol–water partition coefficient (Wildman–Crippen LogP) is 2.24. The zero-order valence-corrected chi connectivity index (χ0v) is 11.0. The number of aryl methyl sites for hydroxylation is 1. The maximum Gasteiger partial charge on any atom is 0.154 e. The third-order valence-corrected chi connectivity index (χ3v) is 5.67. The maximum absolute atomic E-state index is 12.0. The highest BCUT2D eigenvalue weighted by Crippen LogP contribution is 2.23. The number of nitrogens with one attached hydrogen (secondary N) is 1. The summed E-state index contributed by atoms with van der Waals surface area (Å²) in [5.41, 5.74) is 2.31. The molecule has 0 bridgehead atoms. The van der Waals surface area contributed by atoms with Crippen LogP contribution in [0.25, 0.3) is 0 Å². The van der Waals surface area contributed by atoms with Gasteiger partial charge < -0.3 is 5.32 Å². The number of sulfone groups is 1. The Kier molecular flexibility index (Phi) is 3.72. The molecule has 0 radical (unpaired) electrons. The van der Waals surface area contributed by atoms with E-state index >= 15 is 0 Å². The number of anilines is 1. The van der Waals surface area contributed by atoms with Crippen LogP contribution in [-0.4, -0.2) is 26.0 Å². The fourth-order valence-corrected chi connectivity index (χ4v) is 4.03. The van der Waals surface area contributed by atoms with Crippen molar-refractivity contribution in [2.45, 2.75) is 31.4 Å². The molecule has 0 saturated heterocycles. The van der Waals surface area contributed by atoms with Crippen LogP contribution in [-0.2, 0) is 16.3 Å². The molecule has 3 nitrogen and oxygen atoms in total. The van der Waals surface area contributed by atoms with Gasteiger partial charge in [0.1, 0.15) is 0 Å². The molecule has 1 atom stereocenters. The summed E-state index contributed by atoms with van der Waals surface area (Å²) < 4.78 is 24.1. The molecule has 0 spiro atoms. The van der Waals surface area contributed by atoms with Crippen molar-refractivity contribution in [1.29, 1.82) is 0 Å². The Morgan fingerprint density at radius 2 is 2.12 bits per heavy atom. The van der Waals surface area contributed by atoms with E-state index < -0.39 is 9.84 Å². The molecule has 0 aromatic heterocycles. The average molecular weight is 253 g/mol. The van der Waals surface area contributed by atoms with Gasteiger partial charge in [-0.25, -0.2) is 8.42 Å². The second kappa shape index (κ2) is 5.08. The normalized spacial score (nSPS) is 20.2. The highest BCUT2D eigenvalue weighted by atomic mass is 32.2. The standard InChI is InChI=1S/C13H19NO2S/c1-2-9-17(15,16)12-8-7-11-5-3-4-6-13(11)14-10-12/h3-6,12,14H,2,7-10H2,1H3. The van der Waals surface area contributed by atoms with E-state index in [1.54, 1.807) is 0 Å². The van der Waals surface area contributed by atoms with Gasteiger partial charge in [-0.15, -0.1) is 0 Å². The Morgan fingerprint density at radius 1 is 1.35 bits per heavy atom. The minimum absolute atomic E-state index is 0.241. The van der Waals surface area contributed by atoms with Gasteiger partial charge in [0, 0.05) is 12.2 Å². The minimum Gasteiger partial charge on any atom is -0.384 e. The lowest BCUT2D eigenvalue weighted by atomic mass is 10.1. The van der Waals surface area contributed by atoms with E-state index in [9.17, 15) is 8.42 Å². The molecule has 0 amide bonds. The molecular formula is C13H19NO2S. The lowest BCUT2D eigenvalue weighted by Crippen LogP contribution is -2.30. The van der Waals surface area contributed by atoms with E-state index in [2.05, 4.69) is 11.4 Å². The molecule has 94 valence electrons. The third-order valence-electron chi connectivity index (χ3n) is 3.27. The topological polar surface area (TPSA) is 46.2 Å². The lowest BCUT2D eigenvalue weighted by Gasteiger charge is -2.14. The molecule has 1 unspecified atom stereocenters. The Balaban J connectivity index is 2.14. The van der Waals surface area contributed by atoms with Crippen LogP contribution in [0.2, 0.25) is 0 Å². The first kappa shape index (κ1) is 12.4. The van der Waals surface area contributed by atoms with Gasteiger partial charge in [-0.05, 0) is 30.9 Å². The molecule has 1 heterocycles. The predicted molar refractivity (Wildman–Crippen MR) is 71.1 cm³/mol. The number of hydrogen-bond donors (Lipinski definition) is 1. The summed E-state index contributed by atoms with van der Waals surface area (Å²) in [6.45, 7) is 2.45. The number of rotatable bonds is 3. The maximum atomic E-state index is 12.0. The van der Waals surface area contributed by atoms with Crippen LogP contribution >= 0.6 is 0 Å². The van der Waals surface area contributed by atoms with Gasteiger partial charge in [0.05, 0.1) is 11.0 Å². The van der Waals surface area contributed by atoms with Crippen LogP contribution in [0.4, 0.5) is 5.69 Å². The Bertz CT molecular complexity index is 455. The van der Waals surface area contributed by atoms with Crippen molar-refractivity contribution >= 4 is 15.5 Å². The fraction of sp³-hybridized carbons (Fsp3) is 0.538. The van der Waals surface area contributed by atoms with Crippen molar-refractivity contribution in [3.63, 3.8) is 0 Å². The van der Waals surface area contributed by atoms with Crippen LogP contribution in [0.5, 0.6) is 0 Å². The molecule has 4 heteroatoms. The molecular weight excluding hydrogens is 234 g/mol. The lowest BCUT2D eigenvalue weighted by molar-refractivity contribution is 0.574. The average Bonchev–Trinajstić information content (AvgIpc) is 2.51. The molecule has 1 N–H and O–H groups in total. The van der Waals surface area contributed by atoms with Crippen molar-refractivity contribution < 1.29 is 8.42 Å². The Morgan fingerprint density at radius 3 is 2.88 bits per heavy atom. The van der Waals surface area contributed by atoms with Crippen LogP contribution in [0.1, 0.15) is 25.3 Å². The van der Waals surface area contributed by atoms with Gasteiger partial charge >= 0.3 is 0 Å². The smallest absolute Gasteiger partial charge is 0.154 e. The first-order valence-electron chi connectivity index (χ1n) is 6.17. The van der Waals surface area contributed by atoms with Crippen molar-refractivity contribution in [3.05, 3.63) is 29.8 Å². The molecule has 1 aliphatic rings. The number of para-hydroxylation sites is 1. The van der Waals surface area contributed by atoms with E-state index in [1.807, 2.05) is 25.1 Å². The summed E-state index contributed by atoms with van der Waals surface area (Å²) in [7, 11) is -2.94. The van der Waals surface area contributed by atoms with Crippen LogP contribution < -0.4 is 5.32 Å². The van der Waals surface area contributed by atoms with Crippen molar-refractivity contribution in [2.75, 3.05) is 17.6 Å². The van der Waals surface area contributed by atoms with Crippen molar-refractivity contribution in [1.82, 2.24) is 0 Å². The van der Waals surface area contributed by atoms with E-state index in [4.69, 9.17) is 0 Å². The second-order valence-corrected chi connectivity index (χ2v) is 6.97. The van der Waals surface area contributed by atoms with E-state index in [0.29, 0.717) is 18.7 Å². The highest BCUT2D eigenvalue weighted by Gasteiger charge is 2.26. The number of benzene rings is 1. The largest absolute Gasteiger partial charge is 0.384 e. The molecule has 1 aromatic rings. The first-order valence-corrected chi connectivity index (χ1v) is 7.88. The fourth-order valence-electron chi connectivity index (χ4n) is 2.31. The molecule has 1 aliphatic heterocycles. The molecule has 0 saturated carbocycles. The first-order chi connectivity index (χ1) is 8.13. The summed E-state index contributed by atoms with van der Waals surface area (Å²) in [5, 5.41) is 3.02. The second-order valence-electron chi connectivity index (χ2n) is 4.57. The molecule has 0 fully saturated rings. The van der Waals surface area contributed by atoms with Crippen LogP contribution in [0, 0.1) is 0 Å². The Labute approximate surface area is 103 Å².